The number of benzene rings is 2. The smallest absolute Gasteiger partial charge is 0.419 e. The zero-order valence-electron chi connectivity index (χ0n) is 18.6. The average molecular weight is 490 g/mol. The number of carboxylic acid groups (broad SMARTS) is 1. The Kier molecular flexibility index (Phi) is 7.03. The van der Waals surface area contributed by atoms with E-state index in [2.05, 4.69) is 0 Å². The van der Waals surface area contributed by atoms with Gasteiger partial charge in [0.1, 0.15) is 17.3 Å². The van der Waals surface area contributed by atoms with Crippen LogP contribution >= 0.6 is 0 Å². The SMILES string of the molecule is CC(C)(C)OC(=O)n1cc(C[C@@H](C(=O)O)N(c2ccccc2[N+](=O)[O-])S(=O)O)c2ccccc21. The van der Waals surface area contributed by atoms with Gasteiger partial charge in [-0.15, -0.1) is 0 Å². The Morgan fingerprint density at radius 1 is 1.18 bits per heavy atom. The van der Waals surface area contributed by atoms with Crippen LogP contribution in [0, 0.1) is 10.1 Å². The van der Waals surface area contributed by atoms with E-state index in [0.29, 0.717) is 20.8 Å². The molecule has 1 heterocycles. The van der Waals surface area contributed by atoms with Crippen molar-refractivity contribution in [3.63, 3.8) is 0 Å². The van der Waals surface area contributed by atoms with Crippen molar-refractivity contribution in [2.24, 2.45) is 0 Å². The number of nitrogens with zero attached hydrogens (tertiary/aromatic N) is 3. The standard InChI is InChI=1S/C22H23N3O8S/c1-22(2,3)33-21(28)23-13-14(15-8-4-5-9-16(15)23)12-19(20(26)27)24(34(31)32)17-10-6-7-11-18(17)25(29)30/h4-11,13,19H,12H2,1-3H3,(H,26,27)(H,31,32)/t19-/m0/s1. The van der Waals surface area contributed by atoms with Gasteiger partial charge >= 0.3 is 12.1 Å². The Bertz CT molecular complexity index is 1280. The second-order valence-electron chi connectivity index (χ2n) is 8.38. The van der Waals surface area contributed by atoms with Crippen molar-refractivity contribution in [2.45, 2.75) is 38.8 Å². The van der Waals surface area contributed by atoms with Crippen molar-refractivity contribution < 1.29 is 33.1 Å². The number of ether oxygens (including phenoxy) is 1. The molecule has 1 unspecified atom stereocenters. The number of rotatable bonds is 7. The number of carbonyl (C=O) groups is 2. The minimum Gasteiger partial charge on any atom is -0.480 e. The number of nitro benzene ring substituents is 1. The minimum absolute atomic E-state index is 0.323. The summed E-state index contributed by atoms with van der Waals surface area (Å²) in [5.74, 6) is -1.48. The lowest BCUT2D eigenvalue weighted by Crippen LogP contribution is -2.44. The highest BCUT2D eigenvalue weighted by molar-refractivity contribution is 7.80. The van der Waals surface area contributed by atoms with Crippen molar-refractivity contribution in [1.82, 2.24) is 4.57 Å². The summed E-state index contributed by atoms with van der Waals surface area (Å²) in [6.45, 7) is 5.12. The van der Waals surface area contributed by atoms with Gasteiger partial charge in [-0.1, -0.05) is 30.3 Å². The van der Waals surface area contributed by atoms with E-state index in [1.54, 1.807) is 45.0 Å². The number of fused-ring (bicyclic) bond motifs is 1. The lowest BCUT2D eigenvalue weighted by atomic mass is 10.0. The van der Waals surface area contributed by atoms with Crippen molar-refractivity contribution in [3.8, 4) is 0 Å². The average Bonchev–Trinajstić information content (AvgIpc) is 3.11. The van der Waals surface area contributed by atoms with E-state index in [0.717, 1.165) is 6.07 Å². The van der Waals surface area contributed by atoms with Crippen LogP contribution in [0.15, 0.2) is 54.7 Å². The summed E-state index contributed by atoms with van der Waals surface area (Å²) < 4.78 is 29.4. The van der Waals surface area contributed by atoms with Gasteiger partial charge in [0.15, 0.2) is 0 Å². The second kappa shape index (κ2) is 9.61. The fourth-order valence-corrected chi connectivity index (χ4v) is 4.22. The van der Waals surface area contributed by atoms with E-state index in [4.69, 9.17) is 4.74 Å². The van der Waals surface area contributed by atoms with Crippen LogP contribution in [-0.2, 0) is 27.2 Å². The number of aromatic nitrogens is 1. The third kappa shape index (κ3) is 5.24. The monoisotopic (exact) mass is 489 g/mol. The molecule has 0 fully saturated rings. The first-order valence-corrected chi connectivity index (χ1v) is 11.2. The van der Waals surface area contributed by atoms with E-state index in [-0.39, 0.29) is 12.1 Å². The van der Waals surface area contributed by atoms with Crippen LogP contribution < -0.4 is 4.31 Å². The maximum atomic E-state index is 12.7. The van der Waals surface area contributed by atoms with Crippen molar-refractivity contribution in [1.29, 1.82) is 0 Å². The fraction of sp³-hybridized carbons (Fsp3) is 0.273. The quantitative estimate of drug-likeness (QED) is 0.287. The molecule has 11 nitrogen and oxygen atoms in total. The zero-order chi connectivity index (χ0) is 25.2. The summed E-state index contributed by atoms with van der Waals surface area (Å²) in [7, 11) is 0. The highest BCUT2D eigenvalue weighted by atomic mass is 32.2. The van der Waals surface area contributed by atoms with Crippen LogP contribution in [0.1, 0.15) is 26.3 Å². The number of para-hydroxylation sites is 3. The molecule has 34 heavy (non-hydrogen) atoms. The molecule has 0 bridgehead atoms. The molecular weight excluding hydrogens is 466 g/mol. The summed E-state index contributed by atoms with van der Waals surface area (Å²) in [6.07, 6.45) is 0.402. The molecule has 2 N–H and O–H groups in total. The van der Waals surface area contributed by atoms with Crippen molar-refractivity contribution >= 4 is 45.6 Å². The fourth-order valence-electron chi connectivity index (χ4n) is 3.52. The summed E-state index contributed by atoms with van der Waals surface area (Å²) in [6, 6.07) is 10.1. The molecule has 0 saturated heterocycles. The predicted octanol–water partition coefficient (Wildman–Crippen LogP) is 3.97. The van der Waals surface area contributed by atoms with E-state index >= 15 is 0 Å². The Labute approximate surface area is 197 Å². The molecule has 0 saturated carbocycles. The lowest BCUT2D eigenvalue weighted by Gasteiger charge is -2.26. The molecule has 3 aromatic rings. The van der Waals surface area contributed by atoms with Gasteiger partial charge in [-0.3, -0.25) is 19.2 Å². The summed E-state index contributed by atoms with van der Waals surface area (Å²) in [4.78, 5) is 35.7. The summed E-state index contributed by atoms with van der Waals surface area (Å²) >= 11 is -2.90. The zero-order valence-corrected chi connectivity index (χ0v) is 19.4. The summed E-state index contributed by atoms with van der Waals surface area (Å²) in [5.41, 5.74) is -0.784. The highest BCUT2D eigenvalue weighted by Crippen LogP contribution is 2.32. The number of nitro groups is 1. The molecular formula is C22H23N3O8S. The van der Waals surface area contributed by atoms with Gasteiger partial charge in [0.05, 0.1) is 10.4 Å². The number of anilines is 1. The molecule has 0 amide bonds. The molecule has 0 radical (unpaired) electrons. The number of hydrogen-bond acceptors (Lipinski definition) is 6. The Hall–Kier alpha value is -3.77. The van der Waals surface area contributed by atoms with Crippen LogP contribution in [0.2, 0.25) is 0 Å². The van der Waals surface area contributed by atoms with Gasteiger partial charge in [-0.05, 0) is 38.5 Å². The predicted molar refractivity (Wildman–Crippen MR) is 125 cm³/mol. The van der Waals surface area contributed by atoms with Gasteiger partial charge in [0.25, 0.3) is 17.0 Å². The topological polar surface area (TPSA) is 152 Å². The largest absolute Gasteiger partial charge is 0.480 e. The van der Waals surface area contributed by atoms with E-state index in [9.17, 15) is 33.6 Å². The highest BCUT2D eigenvalue weighted by Gasteiger charge is 2.35. The van der Waals surface area contributed by atoms with Crippen LogP contribution in [0.3, 0.4) is 0 Å². The van der Waals surface area contributed by atoms with Gasteiger partial charge < -0.3 is 9.84 Å². The molecule has 0 aliphatic heterocycles. The molecule has 2 atom stereocenters. The normalized spacial score (nSPS) is 13.3. The molecule has 180 valence electrons. The molecule has 12 heteroatoms. The molecule has 2 aromatic carbocycles. The maximum Gasteiger partial charge on any atom is 0.419 e. The third-order valence-corrected chi connectivity index (χ3v) is 5.64. The van der Waals surface area contributed by atoms with Gasteiger partial charge in [0.2, 0.25) is 0 Å². The molecule has 0 aliphatic carbocycles. The van der Waals surface area contributed by atoms with E-state index in [1.807, 2.05) is 0 Å². The summed E-state index contributed by atoms with van der Waals surface area (Å²) in [5, 5.41) is 21.9. The van der Waals surface area contributed by atoms with Crippen LogP contribution in [0.25, 0.3) is 10.9 Å². The van der Waals surface area contributed by atoms with Gasteiger partial charge in [0, 0.05) is 24.1 Å². The number of aliphatic carboxylic acids is 1. The number of carboxylic acids is 1. The molecule has 0 aliphatic rings. The van der Waals surface area contributed by atoms with Crippen LogP contribution in [-0.4, -0.2) is 47.1 Å². The second-order valence-corrected chi connectivity index (χ2v) is 9.24. The van der Waals surface area contributed by atoms with Crippen LogP contribution in [0.4, 0.5) is 16.2 Å². The van der Waals surface area contributed by atoms with E-state index < -0.39 is 45.6 Å². The van der Waals surface area contributed by atoms with Crippen LogP contribution in [0.5, 0.6) is 0 Å². The van der Waals surface area contributed by atoms with Gasteiger partial charge in [-0.25, -0.2) is 18.1 Å². The molecule has 3 rings (SSSR count). The van der Waals surface area contributed by atoms with Crippen molar-refractivity contribution in [2.75, 3.05) is 4.31 Å². The first-order valence-electron chi connectivity index (χ1n) is 10.1. The number of carbonyl (C=O) groups excluding carboxylic acids is 1. The Balaban J connectivity index is 2.11. The lowest BCUT2D eigenvalue weighted by molar-refractivity contribution is -0.384. The first-order chi connectivity index (χ1) is 15.9. The van der Waals surface area contributed by atoms with Crippen molar-refractivity contribution in [3.05, 3.63) is 70.4 Å². The molecule has 0 spiro atoms. The van der Waals surface area contributed by atoms with Gasteiger partial charge in [-0.2, -0.15) is 0 Å². The maximum absolute atomic E-state index is 12.7. The Morgan fingerprint density at radius 3 is 2.38 bits per heavy atom. The minimum atomic E-state index is -2.90. The third-order valence-electron chi connectivity index (χ3n) is 4.85. The Morgan fingerprint density at radius 2 is 1.79 bits per heavy atom. The first kappa shape index (κ1) is 24.9. The molecule has 1 aromatic heterocycles. The number of hydrogen-bond donors (Lipinski definition) is 2. The van der Waals surface area contributed by atoms with E-state index in [1.165, 1.54) is 29.0 Å².